The molecule has 0 atom stereocenters. The summed E-state index contributed by atoms with van der Waals surface area (Å²) in [5, 5.41) is 3.65. The molecular formula is C18H21BrN2. The molecule has 0 saturated heterocycles. The second kappa shape index (κ2) is 5.82. The van der Waals surface area contributed by atoms with Gasteiger partial charge < -0.3 is 10.2 Å². The molecule has 0 spiro atoms. The third-order valence-corrected chi connectivity index (χ3v) is 4.77. The Morgan fingerprint density at radius 1 is 1.10 bits per heavy atom. The van der Waals surface area contributed by atoms with Gasteiger partial charge in [0.25, 0.3) is 0 Å². The van der Waals surface area contributed by atoms with Crippen LogP contribution in [0.1, 0.15) is 25.0 Å². The number of anilines is 1. The summed E-state index contributed by atoms with van der Waals surface area (Å²) < 4.78 is 1.18. The first-order chi connectivity index (χ1) is 10.1. The number of nitrogens with one attached hydrogen (secondary N) is 1. The zero-order chi connectivity index (χ0) is 14.9. The molecule has 0 saturated carbocycles. The van der Waals surface area contributed by atoms with Crippen LogP contribution in [0.3, 0.4) is 0 Å². The first-order valence-corrected chi connectivity index (χ1v) is 8.16. The van der Waals surface area contributed by atoms with Crippen LogP contribution < -0.4 is 10.2 Å². The SMILES string of the molecule is CC1(C)CN(Cc2ccccc2Br)c2ccccc2CN1. The predicted molar refractivity (Wildman–Crippen MR) is 92.6 cm³/mol. The highest BCUT2D eigenvalue weighted by atomic mass is 79.9. The van der Waals surface area contributed by atoms with Gasteiger partial charge in [-0.25, -0.2) is 0 Å². The summed E-state index contributed by atoms with van der Waals surface area (Å²) in [6.45, 7) is 7.38. The Morgan fingerprint density at radius 2 is 1.81 bits per heavy atom. The molecule has 0 fully saturated rings. The molecule has 2 nitrogen and oxygen atoms in total. The van der Waals surface area contributed by atoms with Crippen molar-refractivity contribution in [3.8, 4) is 0 Å². The molecule has 110 valence electrons. The van der Waals surface area contributed by atoms with Crippen molar-refractivity contribution in [1.82, 2.24) is 5.32 Å². The molecule has 0 unspecified atom stereocenters. The fourth-order valence-electron chi connectivity index (χ4n) is 2.89. The summed E-state index contributed by atoms with van der Waals surface area (Å²) in [5.74, 6) is 0. The minimum atomic E-state index is 0.0975. The highest BCUT2D eigenvalue weighted by molar-refractivity contribution is 9.10. The third-order valence-electron chi connectivity index (χ3n) is 3.99. The van der Waals surface area contributed by atoms with Crippen molar-refractivity contribution in [2.24, 2.45) is 0 Å². The number of rotatable bonds is 2. The van der Waals surface area contributed by atoms with Crippen LogP contribution in [0.25, 0.3) is 0 Å². The van der Waals surface area contributed by atoms with Crippen LogP contribution in [0.5, 0.6) is 0 Å². The Morgan fingerprint density at radius 3 is 2.62 bits per heavy atom. The average Bonchev–Trinajstić information content (AvgIpc) is 2.59. The minimum absolute atomic E-state index is 0.0975. The van der Waals surface area contributed by atoms with Crippen LogP contribution in [0.2, 0.25) is 0 Å². The lowest BCUT2D eigenvalue weighted by Crippen LogP contribution is -2.46. The topological polar surface area (TPSA) is 15.3 Å². The molecular weight excluding hydrogens is 324 g/mol. The molecule has 2 aromatic carbocycles. The first kappa shape index (κ1) is 14.6. The number of hydrogen-bond acceptors (Lipinski definition) is 2. The average molecular weight is 345 g/mol. The lowest BCUT2D eigenvalue weighted by atomic mass is 10.0. The number of nitrogens with zero attached hydrogens (tertiary/aromatic N) is 1. The maximum Gasteiger partial charge on any atom is 0.0441 e. The van der Waals surface area contributed by atoms with E-state index in [2.05, 4.69) is 88.5 Å². The molecule has 0 radical (unpaired) electrons. The van der Waals surface area contributed by atoms with Gasteiger partial charge in [0, 0.05) is 35.3 Å². The van der Waals surface area contributed by atoms with Gasteiger partial charge in [0.05, 0.1) is 0 Å². The molecule has 21 heavy (non-hydrogen) atoms. The molecule has 3 heteroatoms. The van der Waals surface area contributed by atoms with E-state index in [-0.39, 0.29) is 5.54 Å². The van der Waals surface area contributed by atoms with E-state index in [4.69, 9.17) is 0 Å². The number of hydrogen-bond donors (Lipinski definition) is 1. The second-order valence-corrected chi connectivity index (χ2v) is 7.17. The van der Waals surface area contributed by atoms with E-state index in [1.165, 1.54) is 21.3 Å². The van der Waals surface area contributed by atoms with Crippen molar-refractivity contribution < 1.29 is 0 Å². The van der Waals surface area contributed by atoms with Gasteiger partial charge in [-0.05, 0) is 37.1 Å². The van der Waals surface area contributed by atoms with E-state index in [9.17, 15) is 0 Å². The van der Waals surface area contributed by atoms with Gasteiger partial charge in [0.1, 0.15) is 0 Å². The fraction of sp³-hybridized carbons (Fsp3) is 0.333. The van der Waals surface area contributed by atoms with Gasteiger partial charge in [-0.2, -0.15) is 0 Å². The van der Waals surface area contributed by atoms with E-state index in [0.29, 0.717) is 0 Å². The van der Waals surface area contributed by atoms with Crippen molar-refractivity contribution >= 4 is 21.6 Å². The molecule has 2 aromatic rings. The summed E-state index contributed by atoms with van der Waals surface area (Å²) in [6, 6.07) is 17.2. The lowest BCUT2D eigenvalue weighted by molar-refractivity contribution is 0.395. The Kier molecular flexibility index (Phi) is 4.05. The zero-order valence-corrected chi connectivity index (χ0v) is 14.2. The standard InChI is InChI=1S/C18H21BrN2/c1-18(2)13-21(12-15-8-3-5-9-16(15)19)17-10-6-4-7-14(17)11-20-18/h3-10,20H,11-13H2,1-2H3. The van der Waals surface area contributed by atoms with Crippen molar-refractivity contribution in [1.29, 1.82) is 0 Å². The number of fused-ring (bicyclic) bond motifs is 1. The molecule has 1 aliphatic heterocycles. The summed E-state index contributed by atoms with van der Waals surface area (Å²) in [5.41, 5.74) is 4.13. The highest BCUT2D eigenvalue weighted by Gasteiger charge is 2.26. The Balaban J connectivity index is 1.96. The molecule has 1 N–H and O–H groups in total. The van der Waals surface area contributed by atoms with Gasteiger partial charge >= 0.3 is 0 Å². The fourth-order valence-corrected chi connectivity index (χ4v) is 3.31. The Bertz CT molecular complexity index is 637. The third kappa shape index (κ3) is 3.30. The Hall–Kier alpha value is -1.32. The number of para-hydroxylation sites is 1. The van der Waals surface area contributed by atoms with E-state index in [0.717, 1.165) is 19.6 Å². The largest absolute Gasteiger partial charge is 0.365 e. The maximum atomic E-state index is 3.67. The molecule has 3 rings (SSSR count). The quantitative estimate of drug-likeness (QED) is 0.871. The summed E-state index contributed by atoms with van der Waals surface area (Å²) in [4.78, 5) is 2.48. The van der Waals surface area contributed by atoms with Crippen LogP contribution in [-0.2, 0) is 13.1 Å². The smallest absolute Gasteiger partial charge is 0.0441 e. The zero-order valence-electron chi connectivity index (χ0n) is 12.6. The minimum Gasteiger partial charge on any atom is -0.365 e. The van der Waals surface area contributed by atoms with Crippen LogP contribution >= 0.6 is 15.9 Å². The van der Waals surface area contributed by atoms with Crippen LogP contribution in [-0.4, -0.2) is 12.1 Å². The van der Waals surface area contributed by atoms with Crippen LogP contribution in [0.15, 0.2) is 53.0 Å². The molecule has 0 amide bonds. The molecule has 0 aromatic heterocycles. The summed E-state index contributed by atoms with van der Waals surface area (Å²) in [7, 11) is 0. The van der Waals surface area contributed by atoms with E-state index < -0.39 is 0 Å². The maximum absolute atomic E-state index is 3.67. The van der Waals surface area contributed by atoms with Gasteiger partial charge in [-0.1, -0.05) is 52.3 Å². The van der Waals surface area contributed by atoms with Gasteiger partial charge in [-0.15, -0.1) is 0 Å². The number of halogens is 1. The van der Waals surface area contributed by atoms with Gasteiger partial charge in [-0.3, -0.25) is 0 Å². The predicted octanol–water partition coefficient (Wildman–Crippen LogP) is 4.34. The van der Waals surface area contributed by atoms with Crippen molar-refractivity contribution in [3.05, 3.63) is 64.1 Å². The first-order valence-electron chi connectivity index (χ1n) is 7.36. The molecule has 1 aliphatic rings. The monoisotopic (exact) mass is 344 g/mol. The molecule has 0 aliphatic carbocycles. The van der Waals surface area contributed by atoms with Gasteiger partial charge in [0.2, 0.25) is 0 Å². The summed E-state index contributed by atoms with van der Waals surface area (Å²) >= 11 is 3.67. The Labute approximate surface area is 135 Å². The van der Waals surface area contributed by atoms with E-state index in [1.807, 2.05) is 0 Å². The van der Waals surface area contributed by atoms with Gasteiger partial charge in [0.15, 0.2) is 0 Å². The highest BCUT2D eigenvalue weighted by Crippen LogP contribution is 2.29. The van der Waals surface area contributed by atoms with Crippen molar-refractivity contribution in [2.45, 2.75) is 32.5 Å². The normalized spacial score (nSPS) is 17.2. The summed E-state index contributed by atoms with van der Waals surface area (Å²) in [6.07, 6.45) is 0. The van der Waals surface area contributed by atoms with Crippen LogP contribution in [0.4, 0.5) is 5.69 Å². The second-order valence-electron chi connectivity index (χ2n) is 6.31. The molecule has 0 bridgehead atoms. The van der Waals surface area contributed by atoms with Crippen LogP contribution in [0, 0.1) is 0 Å². The number of benzene rings is 2. The van der Waals surface area contributed by atoms with Crippen molar-refractivity contribution in [3.63, 3.8) is 0 Å². The van der Waals surface area contributed by atoms with E-state index in [1.54, 1.807) is 0 Å². The van der Waals surface area contributed by atoms with E-state index >= 15 is 0 Å². The van der Waals surface area contributed by atoms with Crippen molar-refractivity contribution in [2.75, 3.05) is 11.4 Å². The molecule has 1 heterocycles. The lowest BCUT2D eigenvalue weighted by Gasteiger charge is -2.32.